The van der Waals surface area contributed by atoms with Crippen LogP contribution in [-0.2, 0) is 16.1 Å². The number of aromatic nitrogens is 3. The molecule has 2 aromatic heterocycles. The van der Waals surface area contributed by atoms with Crippen LogP contribution in [0, 0.1) is 17.2 Å². The van der Waals surface area contributed by atoms with Crippen LogP contribution in [0.3, 0.4) is 0 Å². The molecule has 3 rings (SSSR count). The lowest BCUT2D eigenvalue weighted by Crippen LogP contribution is -2.39. The van der Waals surface area contributed by atoms with Gasteiger partial charge in [-0.1, -0.05) is 0 Å². The molecule has 11 heteroatoms. The predicted molar refractivity (Wildman–Crippen MR) is 109 cm³/mol. The maximum Gasteiger partial charge on any atom is 0.407 e. The maximum atomic E-state index is 13.0. The number of hydrogen-bond donors (Lipinski definition) is 2. The Bertz CT molecular complexity index is 1030. The van der Waals surface area contributed by atoms with Gasteiger partial charge in [0.2, 0.25) is 11.8 Å². The smallest absolute Gasteiger partial charge is 0.407 e. The quantitative estimate of drug-likeness (QED) is 0.671. The van der Waals surface area contributed by atoms with Gasteiger partial charge >= 0.3 is 6.09 Å². The highest BCUT2D eigenvalue weighted by Crippen LogP contribution is 2.44. The number of nitriles is 1. The Kier molecular flexibility index (Phi) is 6.62. The molecular formula is C21H26F2N6O3. The van der Waals surface area contributed by atoms with Gasteiger partial charge in [-0.25, -0.2) is 23.1 Å². The molecule has 1 atom stereocenters. The van der Waals surface area contributed by atoms with Gasteiger partial charge in [0.05, 0.1) is 43.2 Å². The summed E-state index contributed by atoms with van der Waals surface area (Å²) in [5.41, 5.74) is 0.981. The van der Waals surface area contributed by atoms with Crippen LogP contribution in [0.25, 0.3) is 5.65 Å². The number of nitrogens with zero attached hydrogens (tertiary/aromatic N) is 4. The third kappa shape index (κ3) is 6.35. The second kappa shape index (κ2) is 9.06. The average Bonchev–Trinajstić information content (AvgIpc) is 3.05. The third-order valence-electron chi connectivity index (χ3n) is 4.89. The number of carbonyl (C=O) groups excluding carboxylic acids is 2. The van der Waals surface area contributed by atoms with Crippen LogP contribution >= 0.6 is 0 Å². The molecule has 0 radical (unpaired) electrons. The highest BCUT2D eigenvalue weighted by atomic mass is 19.3. The summed E-state index contributed by atoms with van der Waals surface area (Å²) in [6, 6.07) is 3.07. The second-order valence-corrected chi connectivity index (χ2v) is 9.00. The molecule has 1 saturated carbocycles. The summed E-state index contributed by atoms with van der Waals surface area (Å²) in [4.78, 5) is 28.5. The predicted octanol–water partition coefficient (Wildman–Crippen LogP) is 3.26. The lowest BCUT2D eigenvalue weighted by Gasteiger charge is -2.34. The number of hydrogen-bond acceptors (Lipinski definition) is 6. The summed E-state index contributed by atoms with van der Waals surface area (Å²) >= 11 is 0. The van der Waals surface area contributed by atoms with E-state index in [1.54, 1.807) is 33.0 Å². The molecule has 1 unspecified atom stereocenters. The molecule has 9 nitrogen and oxygen atoms in total. The van der Waals surface area contributed by atoms with Crippen molar-refractivity contribution in [2.75, 3.05) is 0 Å². The van der Waals surface area contributed by atoms with Crippen LogP contribution in [0.5, 0.6) is 0 Å². The van der Waals surface area contributed by atoms with Crippen LogP contribution in [0.1, 0.15) is 63.8 Å². The van der Waals surface area contributed by atoms with Crippen molar-refractivity contribution < 1.29 is 23.1 Å². The fourth-order valence-corrected chi connectivity index (χ4v) is 3.48. The van der Waals surface area contributed by atoms with E-state index in [1.807, 2.05) is 6.07 Å². The number of alkyl carbamates (subject to hydrolysis) is 1. The number of carbonyl (C=O) groups is 2. The van der Waals surface area contributed by atoms with Gasteiger partial charge in [0, 0.05) is 19.3 Å². The largest absolute Gasteiger partial charge is 0.444 e. The van der Waals surface area contributed by atoms with Gasteiger partial charge in [-0.3, -0.25) is 4.79 Å². The molecule has 0 aliphatic heterocycles. The Hall–Kier alpha value is -3.29. The monoisotopic (exact) mass is 448 g/mol. The van der Waals surface area contributed by atoms with Crippen LogP contribution in [-0.4, -0.2) is 38.1 Å². The Balaban J connectivity index is 1.63. The Labute approximate surface area is 184 Å². The van der Waals surface area contributed by atoms with E-state index in [9.17, 15) is 18.4 Å². The molecule has 32 heavy (non-hydrogen) atoms. The van der Waals surface area contributed by atoms with E-state index in [-0.39, 0.29) is 44.1 Å². The molecule has 1 aliphatic carbocycles. The molecule has 0 bridgehead atoms. The Morgan fingerprint density at radius 2 is 2.12 bits per heavy atom. The van der Waals surface area contributed by atoms with Crippen LogP contribution in [0.2, 0.25) is 0 Å². The first kappa shape index (κ1) is 23.4. The van der Waals surface area contributed by atoms with Gasteiger partial charge < -0.3 is 15.4 Å². The molecular weight excluding hydrogens is 422 g/mol. The van der Waals surface area contributed by atoms with Gasteiger partial charge in [0.1, 0.15) is 5.60 Å². The van der Waals surface area contributed by atoms with Crippen LogP contribution < -0.4 is 10.6 Å². The number of ether oxygens (including phenoxy) is 1. The second-order valence-electron chi connectivity index (χ2n) is 9.00. The van der Waals surface area contributed by atoms with Gasteiger partial charge in [0.25, 0.3) is 0 Å². The fourth-order valence-electron chi connectivity index (χ4n) is 3.48. The van der Waals surface area contributed by atoms with Crippen molar-refractivity contribution in [2.45, 2.75) is 70.6 Å². The fraction of sp³-hybridized carbons (Fsp3) is 0.571. The zero-order valence-electron chi connectivity index (χ0n) is 18.2. The summed E-state index contributed by atoms with van der Waals surface area (Å²) in [6.45, 7) is 5.43. The molecule has 0 aromatic carbocycles. The summed E-state index contributed by atoms with van der Waals surface area (Å²) in [7, 11) is 0. The van der Waals surface area contributed by atoms with E-state index < -0.39 is 23.7 Å². The molecule has 2 heterocycles. The van der Waals surface area contributed by atoms with Crippen LogP contribution in [0.15, 0.2) is 18.5 Å². The lowest BCUT2D eigenvalue weighted by atomic mass is 9.79. The van der Waals surface area contributed by atoms with Crippen molar-refractivity contribution in [2.24, 2.45) is 5.92 Å². The number of rotatable bonds is 7. The van der Waals surface area contributed by atoms with Gasteiger partial charge in [-0.05, 0) is 38.3 Å². The van der Waals surface area contributed by atoms with Crippen molar-refractivity contribution in [1.29, 1.82) is 5.26 Å². The van der Waals surface area contributed by atoms with Gasteiger partial charge in [-0.2, -0.15) is 10.4 Å². The van der Waals surface area contributed by atoms with Crippen molar-refractivity contribution in [3.63, 3.8) is 0 Å². The SMILES string of the molecule is CC(C)(C)OC(=O)NCc1cn2ncc(C(CC#N)NC(=O)CC3CC(F)(F)C3)cc2n1. The third-order valence-corrected chi connectivity index (χ3v) is 4.89. The molecule has 172 valence electrons. The first-order valence-corrected chi connectivity index (χ1v) is 10.3. The Morgan fingerprint density at radius 3 is 2.75 bits per heavy atom. The average molecular weight is 448 g/mol. The molecule has 1 aliphatic rings. The minimum atomic E-state index is -2.68. The zero-order valence-corrected chi connectivity index (χ0v) is 18.2. The highest BCUT2D eigenvalue weighted by molar-refractivity contribution is 5.77. The summed E-state index contributed by atoms with van der Waals surface area (Å²) in [5, 5.41) is 18.8. The number of imidazole rings is 1. The number of fused-ring (bicyclic) bond motifs is 1. The van der Waals surface area contributed by atoms with E-state index in [1.165, 1.54) is 10.7 Å². The summed E-state index contributed by atoms with van der Waals surface area (Å²) < 4.78 is 32.7. The zero-order chi connectivity index (χ0) is 23.5. The molecule has 0 saturated heterocycles. The van der Waals surface area contributed by atoms with Gasteiger partial charge in [0.15, 0.2) is 5.65 Å². The lowest BCUT2D eigenvalue weighted by molar-refractivity contribution is -0.134. The van der Waals surface area contributed by atoms with Crippen molar-refractivity contribution >= 4 is 17.6 Å². The van der Waals surface area contributed by atoms with Crippen molar-refractivity contribution in [3.05, 3.63) is 29.7 Å². The highest BCUT2D eigenvalue weighted by Gasteiger charge is 2.45. The number of halogens is 2. The van der Waals surface area contributed by atoms with Crippen molar-refractivity contribution in [3.8, 4) is 6.07 Å². The first-order valence-electron chi connectivity index (χ1n) is 10.3. The van der Waals surface area contributed by atoms with Crippen molar-refractivity contribution in [1.82, 2.24) is 25.2 Å². The minimum absolute atomic E-state index is 0.00180. The Morgan fingerprint density at radius 1 is 1.41 bits per heavy atom. The summed E-state index contributed by atoms with van der Waals surface area (Å²) in [6.07, 6.45) is 2.01. The number of alkyl halides is 2. The molecule has 0 spiro atoms. The normalized spacial score (nSPS) is 16.6. The summed E-state index contributed by atoms with van der Waals surface area (Å²) in [5.74, 6) is -3.40. The van der Waals surface area contributed by atoms with E-state index in [4.69, 9.17) is 10.00 Å². The van der Waals surface area contributed by atoms with Crippen LogP contribution in [0.4, 0.5) is 13.6 Å². The van der Waals surface area contributed by atoms with E-state index >= 15 is 0 Å². The first-order chi connectivity index (χ1) is 14.9. The minimum Gasteiger partial charge on any atom is -0.444 e. The van der Waals surface area contributed by atoms with Gasteiger partial charge in [-0.15, -0.1) is 0 Å². The van der Waals surface area contributed by atoms with E-state index in [2.05, 4.69) is 20.7 Å². The molecule has 1 fully saturated rings. The standard InChI is InChI=1S/C21H26F2N6O3/c1-20(2,3)32-19(31)25-11-15-12-29-17(27-15)7-14(10-26-29)16(4-5-24)28-18(30)6-13-8-21(22,23)9-13/h7,10,12-13,16H,4,6,8-9,11H2,1-3H3,(H,25,31)(H,28,30). The molecule has 2 N–H and O–H groups in total. The van der Waals surface area contributed by atoms with E-state index in [0.29, 0.717) is 16.9 Å². The number of nitrogens with one attached hydrogen (secondary N) is 2. The maximum absolute atomic E-state index is 13.0. The molecule has 2 amide bonds. The topological polar surface area (TPSA) is 121 Å². The number of amides is 2. The molecule has 2 aromatic rings. The van der Waals surface area contributed by atoms with E-state index in [0.717, 1.165) is 0 Å².